The van der Waals surface area contributed by atoms with Gasteiger partial charge in [0.1, 0.15) is 0 Å². The Hall–Kier alpha value is 0.390. The summed E-state index contributed by atoms with van der Waals surface area (Å²) in [6, 6.07) is 0. The molecule has 1 atom stereocenters. The van der Waals surface area contributed by atoms with Gasteiger partial charge in [0.05, 0.1) is 0 Å². The first kappa shape index (κ1) is 16.4. The fraction of sp³-hybridized carbons (Fsp3) is 1.00. The lowest BCUT2D eigenvalue weighted by molar-refractivity contribution is -0.150. The van der Waals surface area contributed by atoms with E-state index in [0.717, 1.165) is 6.16 Å². The smallest absolute Gasteiger partial charge is 0.0493 e. The van der Waals surface area contributed by atoms with Gasteiger partial charge >= 0.3 is 0 Å². The third-order valence-corrected chi connectivity index (χ3v) is 3.82. The molecule has 0 aromatic heterocycles. The Labute approximate surface area is 104 Å². The van der Waals surface area contributed by atoms with Gasteiger partial charge < -0.3 is 4.89 Å². The first-order valence-corrected chi connectivity index (χ1v) is 8.64. The van der Waals surface area contributed by atoms with Gasteiger partial charge in [0, 0.05) is 6.16 Å². The van der Waals surface area contributed by atoms with Crippen molar-refractivity contribution in [1.82, 2.24) is 0 Å². The van der Waals surface area contributed by atoms with Crippen LogP contribution in [0.15, 0.2) is 0 Å². The average Bonchev–Trinajstić information content (AvgIpc) is 2.31. The summed E-state index contributed by atoms with van der Waals surface area (Å²) in [5.41, 5.74) is 0. The van der Waals surface area contributed by atoms with Gasteiger partial charge in [-0.25, -0.2) is 0 Å². The van der Waals surface area contributed by atoms with Crippen molar-refractivity contribution in [3.63, 3.8) is 0 Å². The minimum atomic E-state index is -0.487. The average molecular weight is 246 g/mol. The fourth-order valence-corrected chi connectivity index (χ4v) is 2.52. The Balaban J connectivity index is 2.83. The second-order valence-electron chi connectivity index (χ2n) is 4.84. The zero-order chi connectivity index (χ0) is 11.9. The van der Waals surface area contributed by atoms with Crippen molar-refractivity contribution >= 4 is 8.81 Å². The molecule has 1 unspecified atom stereocenters. The van der Waals surface area contributed by atoms with E-state index in [2.05, 4.69) is 6.92 Å². The SMILES string of the molecule is CCCCCCCCCCCCCC[PH2+][O-]. The Morgan fingerprint density at radius 1 is 0.625 bits per heavy atom. The van der Waals surface area contributed by atoms with Crippen LogP contribution in [0.25, 0.3) is 0 Å². The summed E-state index contributed by atoms with van der Waals surface area (Å²) in [5.74, 6) is 0. The minimum Gasteiger partial charge on any atom is -0.683 e. The van der Waals surface area contributed by atoms with Crippen LogP contribution in [-0.4, -0.2) is 6.16 Å². The van der Waals surface area contributed by atoms with Gasteiger partial charge in [-0.2, -0.15) is 0 Å². The van der Waals surface area contributed by atoms with Crippen LogP contribution in [0.2, 0.25) is 0 Å². The van der Waals surface area contributed by atoms with E-state index in [4.69, 9.17) is 0 Å². The highest BCUT2D eigenvalue weighted by atomic mass is 31.1. The maximum Gasteiger partial charge on any atom is 0.0493 e. The molecule has 0 fully saturated rings. The molecule has 2 heteroatoms. The van der Waals surface area contributed by atoms with Gasteiger partial charge in [-0.3, -0.25) is 0 Å². The van der Waals surface area contributed by atoms with E-state index in [9.17, 15) is 4.89 Å². The molecule has 0 aromatic carbocycles. The molecule has 0 amide bonds. The van der Waals surface area contributed by atoms with Gasteiger partial charge in [-0.15, -0.1) is 0 Å². The summed E-state index contributed by atoms with van der Waals surface area (Å²) in [6.45, 7) is 2.27. The summed E-state index contributed by atoms with van der Waals surface area (Å²) < 4.78 is 0. The van der Waals surface area contributed by atoms with Crippen LogP contribution in [0.4, 0.5) is 0 Å². The number of hydrogen-bond donors (Lipinski definition) is 0. The second-order valence-corrected chi connectivity index (χ2v) is 5.76. The van der Waals surface area contributed by atoms with Crippen molar-refractivity contribution in [3.8, 4) is 0 Å². The molecule has 0 spiro atoms. The van der Waals surface area contributed by atoms with Crippen LogP contribution in [0, 0.1) is 0 Å². The standard InChI is InChI=1S/C14H31OP/c1-2-3-4-5-6-7-8-9-10-11-12-13-14-16-15/h2-14,16H2,1H3. The highest BCUT2D eigenvalue weighted by molar-refractivity contribution is 7.29. The molecule has 0 aliphatic heterocycles. The third kappa shape index (κ3) is 14.4. The third-order valence-electron chi connectivity index (χ3n) is 3.18. The van der Waals surface area contributed by atoms with Gasteiger partial charge in [0.25, 0.3) is 0 Å². The molecule has 0 radical (unpaired) electrons. The van der Waals surface area contributed by atoms with Crippen LogP contribution in [0.5, 0.6) is 0 Å². The molecule has 16 heavy (non-hydrogen) atoms. The summed E-state index contributed by atoms with van der Waals surface area (Å²) in [5, 5.41) is 0. The predicted molar refractivity (Wildman–Crippen MR) is 75.7 cm³/mol. The summed E-state index contributed by atoms with van der Waals surface area (Å²) in [4.78, 5) is 10.3. The number of unbranched alkanes of at least 4 members (excludes halogenated alkanes) is 11. The van der Waals surface area contributed by atoms with E-state index in [-0.39, 0.29) is 0 Å². The maximum absolute atomic E-state index is 10.3. The van der Waals surface area contributed by atoms with Crippen molar-refractivity contribution < 1.29 is 4.89 Å². The second kappa shape index (κ2) is 15.4. The van der Waals surface area contributed by atoms with Crippen LogP contribution < -0.4 is 4.89 Å². The first-order chi connectivity index (χ1) is 7.91. The lowest BCUT2D eigenvalue weighted by Gasteiger charge is -2.02. The van der Waals surface area contributed by atoms with Crippen molar-refractivity contribution in [3.05, 3.63) is 0 Å². The molecule has 0 saturated heterocycles. The molecule has 0 bridgehead atoms. The first-order valence-electron chi connectivity index (χ1n) is 7.35. The minimum absolute atomic E-state index is 0.487. The largest absolute Gasteiger partial charge is 0.683 e. The van der Waals surface area contributed by atoms with E-state index in [1.165, 1.54) is 77.0 Å². The lowest BCUT2D eigenvalue weighted by atomic mass is 10.1. The van der Waals surface area contributed by atoms with Crippen LogP contribution in [-0.2, 0) is 0 Å². The zero-order valence-electron chi connectivity index (χ0n) is 11.2. The van der Waals surface area contributed by atoms with E-state index >= 15 is 0 Å². The fourth-order valence-electron chi connectivity index (χ4n) is 2.07. The molecule has 0 N–H and O–H groups in total. The van der Waals surface area contributed by atoms with Crippen molar-refractivity contribution in [2.24, 2.45) is 0 Å². The highest BCUT2D eigenvalue weighted by Gasteiger charge is 1.93. The molecule has 0 aromatic rings. The van der Waals surface area contributed by atoms with E-state index in [1.54, 1.807) is 0 Å². The Kier molecular flexibility index (Phi) is 15.8. The lowest BCUT2D eigenvalue weighted by Crippen LogP contribution is -1.87. The van der Waals surface area contributed by atoms with Crippen LogP contribution >= 0.6 is 8.81 Å². The highest BCUT2D eigenvalue weighted by Crippen LogP contribution is 2.12. The summed E-state index contributed by atoms with van der Waals surface area (Å²) in [6.07, 6.45) is 17.6. The van der Waals surface area contributed by atoms with Gasteiger partial charge in [0.15, 0.2) is 0 Å². The normalized spacial score (nSPS) is 11.6. The van der Waals surface area contributed by atoms with E-state index in [1.807, 2.05) is 0 Å². The molecular formula is C14H31OP. The molecular weight excluding hydrogens is 215 g/mol. The maximum atomic E-state index is 10.3. The summed E-state index contributed by atoms with van der Waals surface area (Å²) >= 11 is 0. The molecule has 1 nitrogen and oxygen atoms in total. The Morgan fingerprint density at radius 3 is 1.38 bits per heavy atom. The van der Waals surface area contributed by atoms with Gasteiger partial charge in [-0.1, -0.05) is 79.9 Å². The zero-order valence-corrected chi connectivity index (χ0v) is 12.3. The summed E-state index contributed by atoms with van der Waals surface area (Å²) in [7, 11) is -0.487. The molecule has 98 valence electrons. The van der Waals surface area contributed by atoms with Crippen molar-refractivity contribution in [2.45, 2.75) is 84.0 Å². The van der Waals surface area contributed by atoms with E-state index in [0.29, 0.717) is 0 Å². The van der Waals surface area contributed by atoms with Crippen molar-refractivity contribution in [1.29, 1.82) is 0 Å². The number of hydrogen-bond acceptors (Lipinski definition) is 1. The molecule has 0 saturated carbocycles. The van der Waals surface area contributed by atoms with E-state index < -0.39 is 8.81 Å². The molecule has 0 aliphatic rings. The van der Waals surface area contributed by atoms with Crippen LogP contribution in [0.1, 0.15) is 84.0 Å². The topological polar surface area (TPSA) is 23.1 Å². The Bertz CT molecular complexity index is 103. The monoisotopic (exact) mass is 246 g/mol. The predicted octanol–water partition coefficient (Wildman–Crippen LogP) is 4.37. The molecule has 0 rings (SSSR count). The quantitative estimate of drug-likeness (QED) is 0.349. The van der Waals surface area contributed by atoms with Gasteiger partial charge in [0.2, 0.25) is 0 Å². The molecule has 0 aliphatic carbocycles. The van der Waals surface area contributed by atoms with Gasteiger partial charge in [-0.05, 0) is 12.8 Å². The van der Waals surface area contributed by atoms with Crippen LogP contribution in [0.3, 0.4) is 0 Å². The molecule has 0 heterocycles. The van der Waals surface area contributed by atoms with Crippen molar-refractivity contribution in [2.75, 3.05) is 6.16 Å². The Morgan fingerprint density at radius 2 is 1.00 bits per heavy atom. The number of rotatable bonds is 13.